The monoisotopic (exact) mass is 172 g/mol. The van der Waals surface area contributed by atoms with Crippen LogP contribution >= 0.6 is 0 Å². The summed E-state index contributed by atoms with van der Waals surface area (Å²) in [5.41, 5.74) is 0.202. The molecule has 1 atom stereocenters. The summed E-state index contributed by atoms with van der Waals surface area (Å²) in [4.78, 5) is 2.31. The van der Waals surface area contributed by atoms with Gasteiger partial charge in [0.05, 0.1) is 6.10 Å². The fourth-order valence-electron chi connectivity index (χ4n) is 1.78. The Bertz CT molecular complexity index is 145. The number of piperazine rings is 1. The Balaban J connectivity index is 2.36. The molecule has 0 saturated carbocycles. The highest BCUT2D eigenvalue weighted by Crippen LogP contribution is 2.09. The second-order valence-corrected chi connectivity index (χ2v) is 4.39. The van der Waals surface area contributed by atoms with Crippen molar-refractivity contribution < 1.29 is 5.11 Å². The molecule has 1 fully saturated rings. The molecule has 1 rings (SSSR count). The first kappa shape index (κ1) is 9.96. The lowest BCUT2D eigenvalue weighted by atomic mass is 10.0. The number of β-amino-alcohol motifs (C(OH)–C–C–N with tert-alkyl or cyclic N) is 1. The van der Waals surface area contributed by atoms with Crippen LogP contribution in [0.1, 0.15) is 20.8 Å². The maximum absolute atomic E-state index is 9.21. The highest BCUT2D eigenvalue weighted by Gasteiger charge is 2.25. The third-order valence-electron chi connectivity index (χ3n) is 2.17. The second kappa shape index (κ2) is 3.73. The normalized spacial score (nSPS) is 27.0. The number of hydrogen-bond acceptors (Lipinski definition) is 3. The van der Waals surface area contributed by atoms with Crippen LogP contribution in [0.4, 0.5) is 0 Å². The van der Waals surface area contributed by atoms with Gasteiger partial charge in [-0.1, -0.05) is 0 Å². The zero-order valence-electron chi connectivity index (χ0n) is 8.30. The maximum Gasteiger partial charge on any atom is 0.0639 e. The van der Waals surface area contributed by atoms with Gasteiger partial charge in [0.1, 0.15) is 0 Å². The number of hydrogen-bond donors (Lipinski definition) is 2. The van der Waals surface area contributed by atoms with E-state index < -0.39 is 0 Å². The third kappa shape index (κ3) is 3.09. The van der Waals surface area contributed by atoms with Crippen molar-refractivity contribution in [1.29, 1.82) is 0 Å². The highest BCUT2D eigenvalue weighted by atomic mass is 16.3. The molecule has 72 valence electrons. The lowest BCUT2D eigenvalue weighted by Crippen LogP contribution is -2.57. The predicted molar refractivity (Wildman–Crippen MR) is 50.2 cm³/mol. The summed E-state index contributed by atoms with van der Waals surface area (Å²) in [6, 6.07) is 0. The van der Waals surface area contributed by atoms with Crippen LogP contribution in [-0.4, -0.2) is 47.8 Å². The summed E-state index contributed by atoms with van der Waals surface area (Å²) >= 11 is 0. The molecule has 0 amide bonds. The SMILES string of the molecule is CC(O)CN1CCNC(C)(C)C1. The van der Waals surface area contributed by atoms with Crippen molar-refractivity contribution in [3.63, 3.8) is 0 Å². The molecule has 0 aromatic heterocycles. The Morgan fingerprint density at radius 2 is 2.25 bits per heavy atom. The van der Waals surface area contributed by atoms with Crippen molar-refractivity contribution in [3.8, 4) is 0 Å². The molecular weight excluding hydrogens is 152 g/mol. The first-order valence-electron chi connectivity index (χ1n) is 4.65. The molecule has 1 heterocycles. The standard InChI is InChI=1S/C9H20N2O/c1-8(12)6-11-5-4-10-9(2,3)7-11/h8,10,12H,4-7H2,1-3H3. The molecule has 2 N–H and O–H groups in total. The first-order chi connectivity index (χ1) is 5.49. The first-order valence-corrected chi connectivity index (χ1v) is 4.65. The fraction of sp³-hybridized carbons (Fsp3) is 1.00. The van der Waals surface area contributed by atoms with Crippen molar-refractivity contribution in [2.75, 3.05) is 26.2 Å². The average molecular weight is 172 g/mol. The summed E-state index contributed by atoms with van der Waals surface area (Å²) in [5.74, 6) is 0. The van der Waals surface area contributed by atoms with E-state index in [1.54, 1.807) is 0 Å². The molecule has 12 heavy (non-hydrogen) atoms. The van der Waals surface area contributed by atoms with E-state index >= 15 is 0 Å². The smallest absolute Gasteiger partial charge is 0.0639 e. The van der Waals surface area contributed by atoms with Crippen LogP contribution in [0.2, 0.25) is 0 Å². The zero-order chi connectivity index (χ0) is 9.19. The average Bonchev–Trinajstić information content (AvgIpc) is 1.82. The van der Waals surface area contributed by atoms with Gasteiger partial charge in [0.15, 0.2) is 0 Å². The molecule has 3 heteroatoms. The van der Waals surface area contributed by atoms with Crippen LogP contribution in [0.25, 0.3) is 0 Å². The molecule has 1 aliphatic rings. The van der Waals surface area contributed by atoms with Crippen molar-refractivity contribution in [2.45, 2.75) is 32.4 Å². The lowest BCUT2D eigenvalue weighted by Gasteiger charge is -2.39. The summed E-state index contributed by atoms with van der Waals surface area (Å²) in [6.07, 6.45) is -0.209. The van der Waals surface area contributed by atoms with Crippen molar-refractivity contribution >= 4 is 0 Å². The van der Waals surface area contributed by atoms with Gasteiger partial charge in [0.25, 0.3) is 0 Å². The van der Waals surface area contributed by atoms with E-state index in [4.69, 9.17) is 0 Å². The molecular formula is C9H20N2O. The molecule has 0 aromatic carbocycles. The maximum atomic E-state index is 9.21. The van der Waals surface area contributed by atoms with Gasteiger partial charge in [-0.3, -0.25) is 4.90 Å². The Hall–Kier alpha value is -0.120. The number of rotatable bonds is 2. The number of nitrogens with zero attached hydrogens (tertiary/aromatic N) is 1. The molecule has 1 aliphatic heterocycles. The number of nitrogens with one attached hydrogen (secondary N) is 1. The minimum absolute atomic E-state index is 0.202. The quantitative estimate of drug-likeness (QED) is 0.618. The van der Waals surface area contributed by atoms with Gasteiger partial charge < -0.3 is 10.4 Å². The molecule has 1 saturated heterocycles. The van der Waals surface area contributed by atoms with Gasteiger partial charge in [-0.05, 0) is 20.8 Å². The molecule has 3 nitrogen and oxygen atoms in total. The van der Waals surface area contributed by atoms with E-state index in [0.717, 1.165) is 26.2 Å². The summed E-state index contributed by atoms with van der Waals surface area (Å²) in [5, 5.41) is 12.7. The number of aliphatic hydroxyl groups excluding tert-OH is 1. The van der Waals surface area contributed by atoms with E-state index in [1.165, 1.54) is 0 Å². The largest absolute Gasteiger partial charge is 0.392 e. The van der Waals surface area contributed by atoms with E-state index in [1.807, 2.05) is 6.92 Å². The van der Waals surface area contributed by atoms with Crippen LogP contribution in [0, 0.1) is 0 Å². The summed E-state index contributed by atoms with van der Waals surface area (Å²) < 4.78 is 0. The molecule has 0 aromatic rings. The van der Waals surface area contributed by atoms with Gasteiger partial charge in [-0.25, -0.2) is 0 Å². The van der Waals surface area contributed by atoms with Crippen LogP contribution < -0.4 is 5.32 Å². The Morgan fingerprint density at radius 3 is 2.75 bits per heavy atom. The van der Waals surface area contributed by atoms with Gasteiger partial charge >= 0.3 is 0 Å². The van der Waals surface area contributed by atoms with E-state index in [9.17, 15) is 5.11 Å². The van der Waals surface area contributed by atoms with Crippen molar-refractivity contribution in [3.05, 3.63) is 0 Å². The summed E-state index contributed by atoms with van der Waals surface area (Å²) in [7, 11) is 0. The van der Waals surface area contributed by atoms with E-state index in [-0.39, 0.29) is 11.6 Å². The lowest BCUT2D eigenvalue weighted by molar-refractivity contribution is 0.0877. The zero-order valence-corrected chi connectivity index (χ0v) is 8.30. The predicted octanol–water partition coefficient (Wildman–Crippen LogP) is 0.0510. The Labute approximate surface area is 74.8 Å². The molecule has 0 radical (unpaired) electrons. The Kier molecular flexibility index (Phi) is 3.09. The molecule has 0 bridgehead atoms. The van der Waals surface area contributed by atoms with Crippen molar-refractivity contribution in [2.24, 2.45) is 0 Å². The van der Waals surface area contributed by atoms with Crippen LogP contribution in [-0.2, 0) is 0 Å². The second-order valence-electron chi connectivity index (χ2n) is 4.39. The summed E-state index contributed by atoms with van der Waals surface area (Å²) in [6.45, 7) is 10.1. The fourth-order valence-corrected chi connectivity index (χ4v) is 1.78. The topological polar surface area (TPSA) is 35.5 Å². The van der Waals surface area contributed by atoms with Crippen LogP contribution in [0.15, 0.2) is 0 Å². The highest BCUT2D eigenvalue weighted by molar-refractivity contribution is 4.86. The Morgan fingerprint density at radius 1 is 1.58 bits per heavy atom. The molecule has 1 unspecified atom stereocenters. The molecule has 0 spiro atoms. The van der Waals surface area contributed by atoms with Gasteiger partial charge in [0, 0.05) is 31.7 Å². The minimum atomic E-state index is -0.209. The van der Waals surface area contributed by atoms with E-state index in [2.05, 4.69) is 24.1 Å². The minimum Gasteiger partial charge on any atom is -0.392 e. The molecule has 0 aliphatic carbocycles. The van der Waals surface area contributed by atoms with Crippen molar-refractivity contribution in [1.82, 2.24) is 10.2 Å². The van der Waals surface area contributed by atoms with Gasteiger partial charge in [-0.2, -0.15) is 0 Å². The van der Waals surface area contributed by atoms with E-state index in [0.29, 0.717) is 0 Å². The van der Waals surface area contributed by atoms with Gasteiger partial charge in [0.2, 0.25) is 0 Å². The third-order valence-corrected chi connectivity index (χ3v) is 2.17. The van der Waals surface area contributed by atoms with Crippen LogP contribution in [0.5, 0.6) is 0 Å². The van der Waals surface area contributed by atoms with Crippen LogP contribution in [0.3, 0.4) is 0 Å². The van der Waals surface area contributed by atoms with Gasteiger partial charge in [-0.15, -0.1) is 0 Å². The number of aliphatic hydroxyl groups is 1.